The van der Waals surface area contributed by atoms with Crippen LogP contribution in [0.15, 0.2) is 12.1 Å². The molecular formula is C13H18N2O3. The van der Waals surface area contributed by atoms with E-state index < -0.39 is 0 Å². The first-order valence-corrected chi connectivity index (χ1v) is 6.17. The molecule has 0 radical (unpaired) electrons. The average molecular weight is 250 g/mol. The molecule has 1 saturated heterocycles. The Balaban J connectivity index is 2.17. The molecule has 5 nitrogen and oxygen atoms in total. The van der Waals surface area contributed by atoms with Crippen LogP contribution >= 0.6 is 0 Å². The summed E-state index contributed by atoms with van der Waals surface area (Å²) in [6.45, 7) is 6.17. The second-order valence-electron chi connectivity index (χ2n) is 4.86. The highest BCUT2D eigenvalue weighted by molar-refractivity contribution is 5.53. The van der Waals surface area contributed by atoms with Crippen molar-refractivity contribution in [2.75, 3.05) is 19.7 Å². The van der Waals surface area contributed by atoms with Crippen molar-refractivity contribution in [3.8, 4) is 5.75 Å². The molecule has 1 atom stereocenters. The van der Waals surface area contributed by atoms with Crippen molar-refractivity contribution in [2.24, 2.45) is 5.92 Å². The number of nitro benzene ring substituents is 1. The highest BCUT2D eigenvalue weighted by Crippen LogP contribution is 2.32. The lowest BCUT2D eigenvalue weighted by Crippen LogP contribution is -2.16. The number of hydrogen-bond donors (Lipinski definition) is 1. The summed E-state index contributed by atoms with van der Waals surface area (Å²) in [5.41, 5.74) is 1.78. The summed E-state index contributed by atoms with van der Waals surface area (Å²) < 4.78 is 5.69. The van der Waals surface area contributed by atoms with Crippen molar-refractivity contribution in [2.45, 2.75) is 20.3 Å². The molecule has 0 bridgehead atoms. The summed E-state index contributed by atoms with van der Waals surface area (Å²) in [5, 5.41) is 14.3. The van der Waals surface area contributed by atoms with Crippen molar-refractivity contribution >= 4 is 5.69 Å². The number of aryl methyl sites for hydroxylation is 2. The molecule has 5 heteroatoms. The lowest BCUT2D eigenvalue weighted by molar-refractivity contribution is -0.386. The van der Waals surface area contributed by atoms with Gasteiger partial charge in [-0.05, 0) is 37.9 Å². The Hall–Kier alpha value is -1.62. The molecule has 1 aromatic rings. The molecule has 1 aliphatic rings. The van der Waals surface area contributed by atoms with Gasteiger partial charge in [0.15, 0.2) is 5.75 Å². The van der Waals surface area contributed by atoms with Gasteiger partial charge in [-0.1, -0.05) is 6.07 Å². The Morgan fingerprint density at radius 2 is 2.28 bits per heavy atom. The van der Waals surface area contributed by atoms with Crippen molar-refractivity contribution in [1.82, 2.24) is 5.32 Å². The molecule has 0 amide bonds. The first-order valence-electron chi connectivity index (χ1n) is 6.17. The number of benzene rings is 1. The first-order chi connectivity index (χ1) is 8.58. The SMILES string of the molecule is Cc1cc(C)c(OCC2CCNC2)c([N+](=O)[O-])c1. The zero-order chi connectivity index (χ0) is 13.1. The maximum Gasteiger partial charge on any atom is 0.311 e. The van der Waals surface area contributed by atoms with Gasteiger partial charge < -0.3 is 10.1 Å². The fraction of sp³-hybridized carbons (Fsp3) is 0.538. The van der Waals surface area contributed by atoms with E-state index in [0.29, 0.717) is 18.3 Å². The van der Waals surface area contributed by atoms with Crippen LogP contribution in [0.4, 0.5) is 5.69 Å². The van der Waals surface area contributed by atoms with E-state index >= 15 is 0 Å². The summed E-state index contributed by atoms with van der Waals surface area (Å²) in [5.74, 6) is 0.864. The van der Waals surface area contributed by atoms with Crippen LogP contribution in [-0.4, -0.2) is 24.6 Å². The van der Waals surface area contributed by atoms with E-state index in [1.165, 1.54) is 0 Å². The second kappa shape index (κ2) is 5.35. The predicted molar refractivity (Wildman–Crippen MR) is 69.0 cm³/mol. The van der Waals surface area contributed by atoms with Gasteiger partial charge in [0, 0.05) is 18.5 Å². The van der Waals surface area contributed by atoms with Gasteiger partial charge in [0.25, 0.3) is 0 Å². The van der Waals surface area contributed by atoms with Crippen LogP contribution in [0.25, 0.3) is 0 Å². The molecule has 2 rings (SSSR count). The number of nitrogens with one attached hydrogen (secondary N) is 1. The Kier molecular flexibility index (Phi) is 3.81. The number of rotatable bonds is 4. The lowest BCUT2D eigenvalue weighted by Gasteiger charge is -2.13. The minimum Gasteiger partial charge on any atom is -0.486 e. The minimum absolute atomic E-state index is 0.0680. The molecule has 0 aliphatic carbocycles. The number of hydrogen-bond acceptors (Lipinski definition) is 4. The zero-order valence-corrected chi connectivity index (χ0v) is 10.7. The molecule has 0 spiro atoms. The third-order valence-electron chi connectivity index (χ3n) is 3.22. The minimum atomic E-state index is -0.373. The molecule has 0 aromatic heterocycles. The van der Waals surface area contributed by atoms with Gasteiger partial charge in [0.1, 0.15) is 0 Å². The fourth-order valence-electron chi connectivity index (χ4n) is 2.31. The first kappa shape index (κ1) is 12.8. The van der Waals surface area contributed by atoms with E-state index in [1.54, 1.807) is 6.07 Å². The third-order valence-corrected chi connectivity index (χ3v) is 3.22. The van der Waals surface area contributed by atoms with E-state index in [-0.39, 0.29) is 10.6 Å². The fourth-order valence-corrected chi connectivity index (χ4v) is 2.31. The molecular weight excluding hydrogens is 232 g/mol. The van der Waals surface area contributed by atoms with E-state index in [4.69, 9.17) is 4.74 Å². The summed E-state index contributed by atoms with van der Waals surface area (Å²) in [7, 11) is 0. The van der Waals surface area contributed by atoms with Crippen molar-refractivity contribution in [1.29, 1.82) is 0 Å². The maximum atomic E-state index is 11.0. The van der Waals surface area contributed by atoms with Crippen molar-refractivity contribution < 1.29 is 9.66 Å². The van der Waals surface area contributed by atoms with Crippen LogP contribution in [0, 0.1) is 29.9 Å². The Morgan fingerprint density at radius 3 is 2.89 bits per heavy atom. The van der Waals surface area contributed by atoms with Crippen LogP contribution in [0.1, 0.15) is 17.5 Å². The Morgan fingerprint density at radius 1 is 1.50 bits per heavy atom. The summed E-state index contributed by atoms with van der Waals surface area (Å²) >= 11 is 0. The van der Waals surface area contributed by atoms with Gasteiger partial charge >= 0.3 is 5.69 Å². The lowest BCUT2D eigenvalue weighted by atomic mass is 10.1. The normalized spacial score (nSPS) is 18.9. The summed E-state index contributed by atoms with van der Waals surface area (Å²) in [6, 6.07) is 3.48. The zero-order valence-electron chi connectivity index (χ0n) is 10.7. The summed E-state index contributed by atoms with van der Waals surface area (Å²) in [6.07, 6.45) is 1.07. The van der Waals surface area contributed by atoms with E-state index in [1.807, 2.05) is 19.9 Å². The molecule has 18 heavy (non-hydrogen) atoms. The molecule has 1 fully saturated rings. The maximum absolute atomic E-state index is 11.0. The van der Waals surface area contributed by atoms with Gasteiger partial charge in [-0.15, -0.1) is 0 Å². The highest BCUT2D eigenvalue weighted by atomic mass is 16.6. The smallest absolute Gasteiger partial charge is 0.311 e. The van der Waals surface area contributed by atoms with Gasteiger partial charge in [-0.2, -0.15) is 0 Å². The second-order valence-corrected chi connectivity index (χ2v) is 4.86. The van der Waals surface area contributed by atoms with Crippen LogP contribution in [0.3, 0.4) is 0 Å². The third kappa shape index (κ3) is 2.79. The number of nitrogens with zero attached hydrogens (tertiary/aromatic N) is 1. The van der Waals surface area contributed by atoms with Gasteiger partial charge in [-0.25, -0.2) is 0 Å². The van der Waals surface area contributed by atoms with Crippen molar-refractivity contribution in [3.05, 3.63) is 33.4 Å². The van der Waals surface area contributed by atoms with E-state index in [0.717, 1.165) is 30.6 Å². The van der Waals surface area contributed by atoms with Crippen LogP contribution < -0.4 is 10.1 Å². The molecule has 0 saturated carbocycles. The number of nitro groups is 1. The Labute approximate surface area is 106 Å². The largest absolute Gasteiger partial charge is 0.486 e. The summed E-state index contributed by atoms with van der Waals surface area (Å²) in [4.78, 5) is 10.7. The molecule has 1 N–H and O–H groups in total. The molecule has 1 aromatic carbocycles. The monoisotopic (exact) mass is 250 g/mol. The topological polar surface area (TPSA) is 64.4 Å². The van der Waals surface area contributed by atoms with Crippen LogP contribution in [0.5, 0.6) is 5.75 Å². The van der Waals surface area contributed by atoms with Gasteiger partial charge in [-0.3, -0.25) is 10.1 Å². The van der Waals surface area contributed by atoms with E-state index in [9.17, 15) is 10.1 Å². The molecule has 1 aliphatic heterocycles. The van der Waals surface area contributed by atoms with Gasteiger partial charge in [0.05, 0.1) is 11.5 Å². The van der Waals surface area contributed by atoms with Crippen LogP contribution in [-0.2, 0) is 0 Å². The van der Waals surface area contributed by atoms with Crippen molar-refractivity contribution in [3.63, 3.8) is 0 Å². The molecule has 1 heterocycles. The molecule has 98 valence electrons. The van der Waals surface area contributed by atoms with Gasteiger partial charge in [0.2, 0.25) is 0 Å². The Bertz CT molecular complexity index is 454. The molecule has 1 unspecified atom stereocenters. The highest BCUT2D eigenvalue weighted by Gasteiger charge is 2.21. The van der Waals surface area contributed by atoms with E-state index in [2.05, 4.69) is 5.32 Å². The standard InChI is InChI=1S/C13H18N2O3/c1-9-5-10(2)13(12(6-9)15(16)17)18-8-11-3-4-14-7-11/h5-6,11,14H,3-4,7-8H2,1-2H3. The van der Waals surface area contributed by atoms with Crippen LogP contribution in [0.2, 0.25) is 0 Å². The number of ether oxygens (including phenoxy) is 1. The predicted octanol–water partition coefficient (Wildman–Crippen LogP) is 2.20. The quantitative estimate of drug-likeness (QED) is 0.657. The average Bonchev–Trinajstić information content (AvgIpc) is 2.79.